The summed E-state index contributed by atoms with van der Waals surface area (Å²) in [5.74, 6) is -1.20. The predicted molar refractivity (Wildman–Crippen MR) is 73.9 cm³/mol. The average molecular weight is 287 g/mol. The molecular formula is C15H13NO5. The average Bonchev–Trinajstić information content (AvgIpc) is 2.47. The molecule has 0 unspecified atom stereocenters. The van der Waals surface area contributed by atoms with Gasteiger partial charge in [-0.3, -0.25) is 4.98 Å². The number of hydrogen-bond donors (Lipinski definition) is 2. The van der Waals surface area contributed by atoms with Gasteiger partial charge in [-0.25, -0.2) is 4.79 Å². The van der Waals surface area contributed by atoms with E-state index in [0.29, 0.717) is 5.69 Å². The molecule has 0 saturated carbocycles. The Kier molecular flexibility index (Phi) is 2.94. The fourth-order valence-corrected chi connectivity index (χ4v) is 2.39. The molecule has 2 aromatic rings. The van der Waals surface area contributed by atoms with Gasteiger partial charge in [0.15, 0.2) is 11.5 Å². The van der Waals surface area contributed by atoms with Crippen LogP contribution in [0.25, 0.3) is 11.3 Å². The molecule has 21 heavy (non-hydrogen) atoms. The third-order valence-corrected chi connectivity index (χ3v) is 3.40. The Labute approximate surface area is 120 Å². The van der Waals surface area contributed by atoms with E-state index in [9.17, 15) is 15.0 Å². The second-order valence-corrected chi connectivity index (χ2v) is 4.73. The van der Waals surface area contributed by atoms with Crippen LogP contribution in [0.15, 0.2) is 18.2 Å². The van der Waals surface area contributed by atoms with Crippen molar-refractivity contribution in [2.24, 2.45) is 0 Å². The van der Waals surface area contributed by atoms with Gasteiger partial charge in [0.2, 0.25) is 5.75 Å². The minimum Gasteiger partial charge on any atom is -0.502 e. The molecule has 0 saturated heterocycles. The van der Waals surface area contributed by atoms with Crippen LogP contribution in [0.2, 0.25) is 0 Å². The summed E-state index contributed by atoms with van der Waals surface area (Å²) in [5, 5.41) is 19.6. The second kappa shape index (κ2) is 4.66. The third-order valence-electron chi connectivity index (χ3n) is 3.40. The molecular weight excluding hydrogens is 274 g/mol. The normalized spacial score (nSPS) is 12.1. The molecule has 1 aliphatic heterocycles. The van der Waals surface area contributed by atoms with Crippen LogP contribution in [0.4, 0.5) is 0 Å². The zero-order valence-electron chi connectivity index (χ0n) is 11.5. The lowest BCUT2D eigenvalue weighted by Crippen LogP contribution is -2.12. The zero-order valence-corrected chi connectivity index (χ0v) is 11.5. The van der Waals surface area contributed by atoms with E-state index in [2.05, 4.69) is 4.98 Å². The molecule has 0 fully saturated rings. The molecule has 0 atom stereocenters. The zero-order chi connectivity index (χ0) is 15.1. The van der Waals surface area contributed by atoms with Crippen LogP contribution in [0.3, 0.4) is 0 Å². The summed E-state index contributed by atoms with van der Waals surface area (Å²) in [6.45, 7) is 2.04. The van der Waals surface area contributed by atoms with Crippen molar-refractivity contribution in [3.63, 3.8) is 0 Å². The number of aryl methyl sites for hydroxylation is 1. The standard InChI is InChI=1S/C15H13NO5/c1-7-3-4-8-6-21-14-11(12(8)16-7)9(15(18)19)5-10(20-2)13(14)17/h3-5,17H,6H2,1-2H3,(H,18,19). The number of carboxylic acid groups (broad SMARTS) is 1. The number of carbonyl (C=O) groups is 1. The van der Waals surface area contributed by atoms with E-state index in [4.69, 9.17) is 9.47 Å². The molecule has 1 aromatic carbocycles. The predicted octanol–water partition coefficient (Wildman–Crippen LogP) is 2.36. The third kappa shape index (κ3) is 1.96. The molecule has 6 heteroatoms. The fraction of sp³-hybridized carbons (Fsp3) is 0.200. The number of rotatable bonds is 2. The molecule has 6 nitrogen and oxygen atoms in total. The number of aromatic carboxylic acids is 1. The van der Waals surface area contributed by atoms with Gasteiger partial charge in [-0.15, -0.1) is 0 Å². The minimum atomic E-state index is -1.13. The maximum absolute atomic E-state index is 11.5. The van der Waals surface area contributed by atoms with Crippen molar-refractivity contribution in [2.75, 3.05) is 7.11 Å². The Morgan fingerprint density at radius 2 is 2.19 bits per heavy atom. The smallest absolute Gasteiger partial charge is 0.336 e. The van der Waals surface area contributed by atoms with Crippen LogP contribution < -0.4 is 9.47 Å². The largest absolute Gasteiger partial charge is 0.502 e. The van der Waals surface area contributed by atoms with Gasteiger partial charge in [0, 0.05) is 11.3 Å². The summed E-state index contributed by atoms with van der Waals surface area (Å²) in [4.78, 5) is 15.9. The van der Waals surface area contributed by atoms with Crippen molar-refractivity contribution >= 4 is 5.97 Å². The van der Waals surface area contributed by atoms with E-state index in [0.717, 1.165) is 11.3 Å². The van der Waals surface area contributed by atoms with Gasteiger partial charge in [0.1, 0.15) is 6.61 Å². The summed E-state index contributed by atoms with van der Waals surface area (Å²) in [6.07, 6.45) is 0. The maximum atomic E-state index is 11.5. The van der Waals surface area contributed by atoms with Crippen molar-refractivity contribution < 1.29 is 24.5 Å². The first-order valence-electron chi connectivity index (χ1n) is 6.30. The van der Waals surface area contributed by atoms with Crippen LogP contribution in [-0.4, -0.2) is 28.3 Å². The Morgan fingerprint density at radius 1 is 1.43 bits per heavy atom. The number of phenolic OH excluding ortho intramolecular Hbond substituents is 1. The topological polar surface area (TPSA) is 88.9 Å². The lowest BCUT2D eigenvalue weighted by atomic mass is 9.96. The monoisotopic (exact) mass is 287 g/mol. The highest BCUT2D eigenvalue weighted by molar-refractivity contribution is 6.00. The number of pyridine rings is 1. The first kappa shape index (κ1) is 13.2. The van der Waals surface area contributed by atoms with Crippen molar-refractivity contribution in [2.45, 2.75) is 13.5 Å². The summed E-state index contributed by atoms with van der Waals surface area (Å²) in [6, 6.07) is 4.95. The number of fused-ring (bicyclic) bond motifs is 3. The molecule has 2 heterocycles. The summed E-state index contributed by atoms with van der Waals surface area (Å²) in [7, 11) is 1.35. The Morgan fingerprint density at radius 3 is 2.86 bits per heavy atom. The highest BCUT2D eigenvalue weighted by Gasteiger charge is 2.30. The van der Waals surface area contributed by atoms with Crippen molar-refractivity contribution in [3.05, 3.63) is 35.0 Å². The highest BCUT2D eigenvalue weighted by Crippen LogP contribution is 2.49. The van der Waals surface area contributed by atoms with Crippen LogP contribution in [0.5, 0.6) is 17.2 Å². The highest BCUT2D eigenvalue weighted by atomic mass is 16.5. The SMILES string of the molecule is COc1cc(C(=O)O)c2c(c1O)OCc1ccc(C)nc1-2. The van der Waals surface area contributed by atoms with Gasteiger partial charge < -0.3 is 19.7 Å². The summed E-state index contributed by atoms with van der Waals surface area (Å²) >= 11 is 0. The second-order valence-electron chi connectivity index (χ2n) is 4.73. The summed E-state index contributed by atoms with van der Waals surface area (Å²) < 4.78 is 10.5. The van der Waals surface area contributed by atoms with Crippen molar-refractivity contribution in [1.29, 1.82) is 0 Å². The fourth-order valence-electron chi connectivity index (χ4n) is 2.39. The van der Waals surface area contributed by atoms with E-state index < -0.39 is 5.97 Å². The van der Waals surface area contributed by atoms with Crippen molar-refractivity contribution in [3.8, 4) is 28.5 Å². The number of aromatic hydroxyl groups is 1. The van der Waals surface area contributed by atoms with Crippen LogP contribution in [-0.2, 0) is 6.61 Å². The molecule has 0 spiro atoms. The molecule has 0 bridgehead atoms. The van der Waals surface area contributed by atoms with Gasteiger partial charge in [-0.2, -0.15) is 0 Å². The van der Waals surface area contributed by atoms with Gasteiger partial charge >= 0.3 is 5.97 Å². The van der Waals surface area contributed by atoms with Gasteiger partial charge in [0.05, 0.1) is 23.9 Å². The number of aromatic nitrogens is 1. The van der Waals surface area contributed by atoms with E-state index >= 15 is 0 Å². The molecule has 2 N–H and O–H groups in total. The summed E-state index contributed by atoms with van der Waals surface area (Å²) in [5.41, 5.74) is 2.32. The van der Waals surface area contributed by atoms with Gasteiger partial charge in [-0.1, -0.05) is 6.07 Å². The van der Waals surface area contributed by atoms with E-state index in [1.807, 2.05) is 19.1 Å². The van der Waals surface area contributed by atoms with Crippen LogP contribution in [0, 0.1) is 6.92 Å². The molecule has 0 aliphatic carbocycles. The number of hydrogen-bond acceptors (Lipinski definition) is 5. The van der Waals surface area contributed by atoms with Crippen LogP contribution >= 0.6 is 0 Å². The number of carboxylic acids is 1. The first-order valence-corrected chi connectivity index (χ1v) is 6.30. The number of ether oxygens (including phenoxy) is 2. The quantitative estimate of drug-likeness (QED) is 0.881. The van der Waals surface area contributed by atoms with E-state index in [1.165, 1.54) is 13.2 Å². The van der Waals surface area contributed by atoms with Crippen LogP contribution in [0.1, 0.15) is 21.6 Å². The minimum absolute atomic E-state index is 0.0151. The lowest BCUT2D eigenvalue weighted by molar-refractivity contribution is 0.0696. The Balaban J connectivity index is 2.38. The first-order chi connectivity index (χ1) is 10.0. The molecule has 3 rings (SSSR count). The molecule has 1 aromatic heterocycles. The Hall–Kier alpha value is -2.76. The Bertz CT molecular complexity index is 754. The molecule has 0 radical (unpaired) electrons. The van der Waals surface area contributed by atoms with Crippen molar-refractivity contribution in [1.82, 2.24) is 4.98 Å². The lowest BCUT2D eigenvalue weighted by Gasteiger charge is -2.23. The number of benzene rings is 1. The van der Waals surface area contributed by atoms with Gasteiger partial charge in [0.25, 0.3) is 0 Å². The van der Waals surface area contributed by atoms with E-state index in [1.54, 1.807) is 0 Å². The number of nitrogens with zero attached hydrogens (tertiary/aromatic N) is 1. The maximum Gasteiger partial charge on any atom is 0.336 e. The van der Waals surface area contributed by atoms with Gasteiger partial charge in [-0.05, 0) is 19.1 Å². The number of methoxy groups -OCH3 is 1. The molecule has 1 aliphatic rings. The number of phenols is 1. The van der Waals surface area contributed by atoms with E-state index in [-0.39, 0.29) is 35.0 Å². The molecule has 108 valence electrons. The molecule has 0 amide bonds.